The molecule has 0 spiro atoms. The summed E-state index contributed by atoms with van der Waals surface area (Å²) in [6, 6.07) is 3.29. The van der Waals surface area contributed by atoms with Crippen LogP contribution in [0, 0.1) is 6.92 Å². The molecule has 0 saturated carbocycles. The van der Waals surface area contributed by atoms with E-state index in [1.54, 1.807) is 12.1 Å². The quantitative estimate of drug-likeness (QED) is 0.244. The van der Waals surface area contributed by atoms with Crippen molar-refractivity contribution in [2.24, 2.45) is 5.16 Å². The lowest BCUT2D eigenvalue weighted by atomic mass is 10.2. The van der Waals surface area contributed by atoms with Crippen LogP contribution in [-0.4, -0.2) is 25.5 Å². The van der Waals surface area contributed by atoms with Gasteiger partial charge in [0.25, 0.3) is 6.08 Å². The highest BCUT2D eigenvalue weighted by Gasteiger charge is 2.09. The molecule has 0 radical (unpaired) electrons. The molecule has 0 unspecified atom stereocenters. The lowest BCUT2D eigenvalue weighted by molar-refractivity contribution is 0.139. The van der Waals surface area contributed by atoms with Crippen LogP contribution < -0.4 is 9.47 Å². The zero-order chi connectivity index (χ0) is 19.4. The Labute approximate surface area is 158 Å². The molecule has 0 aromatic heterocycles. The minimum atomic E-state index is -1.77. The third-order valence-corrected chi connectivity index (χ3v) is 3.59. The van der Waals surface area contributed by atoms with Crippen molar-refractivity contribution < 1.29 is 23.1 Å². The normalized spacial score (nSPS) is 10.2. The summed E-state index contributed by atoms with van der Waals surface area (Å²) in [5, 5.41) is 4.29. The second-order valence-electron chi connectivity index (χ2n) is 5.99. The number of nitrogens with zero attached hydrogens (tertiary/aromatic N) is 1. The minimum Gasteiger partial charge on any atom is -0.492 e. The molecule has 0 amide bonds. The second kappa shape index (κ2) is 12.5. The van der Waals surface area contributed by atoms with Crippen LogP contribution >= 0.6 is 11.6 Å². The van der Waals surface area contributed by atoms with Gasteiger partial charge in [-0.15, -0.1) is 0 Å². The van der Waals surface area contributed by atoms with Gasteiger partial charge in [0.15, 0.2) is 0 Å². The molecule has 4 nitrogen and oxygen atoms in total. The van der Waals surface area contributed by atoms with Crippen molar-refractivity contribution in [1.82, 2.24) is 0 Å². The summed E-state index contributed by atoms with van der Waals surface area (Å²) in [5.74, 6) is 1.03. The Balaban J connectivity index is 2.30. The van der Waals surface area contributed by atoms with Gasteiger partial charge in [0.2, 0.25) is 0 Å². The number of oxime groups is 1. The first-order valence-corrected chi connectivity index (χ1v) is 8.98. The van der Waals surface area contributed by atoms with E-state index in [9.17, 15) is 8.78 Å². The van der Waals surface area contributed by atoms with Crippen LogP contribution in [0.15, 0.2) is 29.4 Å². The smallest absolute Gasteiger partial charge is 0.269 e. The predicted octanol–water partition coefficient (Wildman–Crippen LogP) is 6.16. The maximum Gasteiger partial charge on any atom is 0.269 e. The molecule has 0 atom stereocenters. The Morgan fingerprint density at radius 3 is 2.38 bits per heavy atom. The lowest BCUT2D eigenvalue weighted by Crippen LogP contribution is -2.01. The molecule has 0 aliphatic rings. The molecule has 0 aliphatic carbocycles. The van der Waals surface area contributed by atoms with E-state index in [-0.39, 0.29) is 6.61 Å². The zero-order valence-electron chi connectivity index (χ0n) is 15.5. The Morgan fingerprint density at radius 1 is 1.08 bits per heavy atom. The molecule has 1 aromatic carbocycles. The van der Waals surface area contributed by atoms with Crippen LogP contribution in [0.5, 0.6) is 11.5 Å². The molecule has 0 bridgehead atoms. The fourth-order valence-corrected chi connectivity index (χ4v) is 2.45. The van der Waals surface area contributed by atoms with Gasteiger partial charge in [-0.2, -0.15) is 8.78 Å². The maximum atomic E-state index is 12.0. The number of ether oxygens (including phenoxy) is 2. The van der Waals surface area contributed by atoms with E-state index in [1.807, 2.05) is 20.8 Å². The van der Waals surface area contributed by atoms with Gasteiger partial charge in [-0.05, 0) is 58.1 Å². The number of unbranched alkanes of at least 4 members (excludes halogenated alkanes) is 3. The highest BCUT2D eigenvalue weighted by atomic mass is 35.5. The first-order chi connectivity index (χ1) is 12.4. The molecule has 26 heavy (non-hydrogen) atoms. The van der Waals surface area contributed by atoms with Gasteiger partial charge in [0.05, 0.1) is 17.3 Å². The van der Waals surface area contributed by atoms with Gasteiger partial charge in [-0.3, -0.25) is 0 Å². The Hall–Kier alpha value is -1.82. The summed E-state index contributed by atoms with van der Waals surface area (Å²) >= 11 is 6.20. The van der Waals surface area contributed by atoms with E-state index in [4.69, 9.17) is 25.9 Å². The molecule has 1 rings (SSSR count). The molecule has 0 N–H and O–H groups in total. The van der Waals surface area contributed by atoms with Crippen LogP contribution in [0.25, 0.3) is 0 Å². The fraction of sp³-hybridized carbons (Fsp3) is 0.526. The largest absolute Gasteiger partial charge is 0.492 e. The average molecular weight is 390 g/mol. The molecule has 146 valence electrons. The topological polar surface area (TPSA) is 40.0 Å². The highest BCUT2D eigenvalue weighted by molar-refractivity contribution is 6.32. The molecule has 7 heteroatoms. The number of halogens is 3. The lowest BCUT2D eigenvalue weighted by Gasteiger charge is -2.13. The summed E-state index contributed by atoms with van der Waals surface area (Å²) in [7, 11) is 0. The second-order valence-corrected chi connectivity index (χ2v) is 6.40. The zero-order valence-corrected chi connectivity index (χ0v) is 16.2. The summed E-state index contributed by atoms with van der Waals surface area (Å²) in [6.07, 6.45) is 2.86. The van der Waals surface area contributed by atoms with E-state index in [1.165, 1.54) is 0 Å². The Kier molecular flexibility index (Phi) is 10.7. The van der Waals surface area contributed by atoms with Crippen LogP contribution in [0.4, 0.5) is 8.78 Å². The van der Waals surface area contributed by atoms with Gasteiger partial charge in [-0.25, -0.2) is 0 Å². The molecule has 1 aromatic rings. The molecule has 0 aliphatic heterocycles. The number of hydrogen-bond donors (Lipinski definition) is 0. The molecular formula is C19H26ClF2NO3. The standard InChI is InChI=1S/C19H26ClF2NO3/c1-14(2)23-26-10-7-5-4-6-9-25-19-15(3)12-16(13-17(19)20)24-11-8-18(21)22/h8,12-13H,4-7,9-11H2,1-3H3. The van der Waals surface area contributed by atoms with Gasteiger partial charge in [0, 0.05) is 12.1 Å². The van der Waals surface area contributed by atoms with Crippen molar-refractivity contribution in [2.45, 2.75) is 46.5 Å². The minimum absolute atomic E-state index is 0.203. The summed E-state index contributed by atoms with van der Waals surface area (Å²) < 4.78 is 35.0. The highest BCUT2D eigenvalue weighted by Crippen LogP contribution is 2.33. The van der Waals surface area contributed by atoms with Crippen molar-refractivity contribution >= 4 is 17.3 Å². The molecule has 0 saturated heterocycles. The predicted molar refractivity (Wildman–Crippen MR) is 101 cm³/mol. The third kappa shape index (κ3) is 9.61. The summed E-state index contributed by atoms with van der Waals surface area (Å²) in [4.78, 5) is 5.14. The number of benzene rings is 1. The third-order valence-electron chi connectivity index (χ3n) is 3.31. The SMILES string of the molecule is CC(C)=NOCCCCCCOc1c(C)cc(OCC=C(F)F)cc1Cl. The van der Waals surface area contributed by atoms with Crippen molar-refractivity contribution in [3.05, 3.63) is 34.9 Å². The van der Waals surface area contributed by atoms with E-state index in [0.717, 1.165) is 37.0 Å². The van der Waals surface area contributed by atoms with Crippen LogP contribution in [0.2, 0.25) is 5.02 Å². The van der Waals surface area contributed by atoms with Crippen LogP contribution in [-0.2, 0) is 4.84 Å². The van der Waals surface area contributed by atoms with Crippen molar-refractivity contribution in [3.63, 3.8) is 0 Å². The van der Waals surface area contributed by atoms with Crippen LogP contribution in [0.1, 0.15) is 45.1 Å². The monoisotopic (exact) mass is 389 g/mol. The van der Waals surface area contributed by atoms with Gasteiger partial charge >= 0.3 is 0 Å². The first-order valence-electron chi connectivity index (χ1n) is 8.60. The first kappa shape index (κ1) is 22.2. The van der Waals surface area contributed by atoms with E-state index < -0.39 is 6.08 Å². The van der Waals surface area contributed by atoms with E-state index in [2.05, 4.69) is 5.16 Å². The van der Waals surface area contributed by atoms with Crippen molar-refractivity contribution in [2.75, 3.05) is 19.8 Å². The number of aryl methyl sites for hydroxylation is 1. The summed E-state index contributed by atoms with van der Waals surface area (Å²) in [6.45, 7) is 6.61. The van der Waals surface area contributed by atoms with E-state index >= 15 is 0 Å². The van der Waals surface area contributed by atoms with Gasteiger partial charge in [-0.1, -0.05) is 16.8 Å². The van der Waals surface area contributed by atoms with Gasteiger partial charge in [0.1, 0.15) is 24.7 Å². The average Bonchev–Trinajstić information content (AvgIpc) is 2.54. The number of rotatable bonds is 12. The molecule has 0 heterocycles. The van der Waals surface area contributed by atoms with E-state index in [0.29, 0.717) is 35.8 Å². The summed E-state index contributed by atoms with van der Waals surface area (Å²) in [5.41, 5.74) is 1.71. The fourth-order valence-electron chi connectivity index (χ4n) is 2.14. The Morgan fingerprint density at radius 2 is 1.77 bits per heavy atom. The molecule has 0 fully saturated rings. The Bertz CT molecular complexity index is 590. The number of hydrogen-bond acceptors (Lipinski definition) is 4. The van der Waals surface area contributed by atoms with Crippen molar-refractivity contribution in [1.29, 1.82) is 0 Å². The van der Waals surface area contributed by atoms with Crippen LogP contribution in [0.3, 0.4) is 0 Å². The molecular weight excluding hydrogens is 364 g/mol. The maximum absolute atomic E-state index is 12.0. The van der Waals surface area contributed by atoms with Gasteiger partial charge < -0.3 is 14.3 Å². The van der Waals surface area contributed by atoms with Crippen molar-refractivity contribution in [3.8, 4) is 11.5 Å².